The quantitative estimate of drug-likeness (QED) is 0.471. The first kappa shape index (κ1) is 20.8. The summed E-state index contributed by atoms with van der Waals surface area (Å²) >= 11 is 1.78. The van der Waals surface area contributed by atoms with Gasteiger partial charge >= 0.3 is 5.97 Å². The Morgan fingerprint density at radius 2 is 1.89 bits per heavy atom. The number of nitrogens with zero attached hydrogens (tertiary/aromatic N) is 1. The van der Waals surface area contributed by atoms with E-state index in [4.69, 9.17) is 14.5 Å². The first-order valence-electron chi connectivity index (χ1n) is 9.37. The number of pyridine rings is 1. The van der Waals surface area contributed by atoms with E-state index in [1.165, 1.54) is 23.3 Å². The molecule has 6 heteroatoms. The lowest BCUT2D eigenvalue weighted by molar-refractivity contribution is -0.0000253. The van der Waals surface area contributed by atoms with Crippen LogP contribution < -0.4 is 12.4 Å². The molecule has 0 bridgehead atoms. The molecule has 0 fully saturated rings. The fraction of sp³-hybridized carbons (Fsp3) is 0.364. The van der Waals surface area contributed by atoms with Crippen LogP contribution in [-0.4, -0.2) is 31.3 Å². The number of benzene rings is 1. The highest BCUT2D eigenvalue weighted by Gasteiger charge is 2.26. The molecule has 0 saturated heterocycles. The molecule has 0 radical (unpaired) electrons. The molecule has 0 atom stereocenters. The zero-order valence-electron chi connectivity index (χ0n) is 16.1. The van der Waals surface area contributed by atoms with E-state index in [9.17, 15) is 4.79 Å². The molecule has 4 rings (SSSR count). The van der Waals surface area contributed by atoms with Crippen molar-refractivity contribution >= 4 is 27.5 Å². The van der Waals surface area contributed by atoms with Crippen molar-refractivity contribution in [3.63, 3.8) is 0 Å². The highest BCUT2D eigenvalue weighted by molar-refractivity contribution is 7.19. The van der Waals surface area contributed by atoms with Gasteiger partial charge in [0.25, 0.3) is 0 Å². The molecule has 2 aromatic heterocycles. The Morgan fingerprint density at radius 1 is 1.14 bits per heavy atom. The number of hydrogen-bond acceptors (Lipinski definition) is 5. The van der Waals surface area contributed by atoms with Crippen LogP contribution >= 0.6 is 11.3 Å². The van der Waals surface area contributed by atoms with Gasteiger partial charge in [0.05, 0.1) is 17.9 Å². The number of carbonyl (C=O) groups is 1. The van der Waals surface area contributed by atoms with Gasteiger partial charge in [-0.15, -0.1) is 11.3 Å². The number of hydrogen-bond donors (Lipinski definition) is 0. The summed E-state index contributed by atoms with van der Waals surface area (Å²) < 4.78 is 10.5. The van der Waals surface area contributed by atoms with Gasteiger partial charge in [-0.05, 0) is 43.7 Å². The van der Waals surface area contributed by atoms with E-state index < -0.39 is 0 Å². The van der Waals surface area contributed by atoms with Crippen LogP contribution in [0.4, 0.5) is 0 Å². The van der Waals surface area contributed by atoms with Gasteiger partial charge in [0.15, 0.2) is 0 Å². The fourth-order valence-electron chi connectivity index (χ4n) is 3.84. The Kier molecular flexibility index (Phi) is 6.70. The van der Waals surface area contributed by atoms with E-state index in [-0.39, 0.29) is 25.0 Å². The summed E-state index contributed by atoms with van der Waals surface area (Å²) in [6.07, 6.45) is 4.58. The number of carbonyl (C=O) groups excluding carboxylic acids is 1. The van der Waals surface area contributed by atoms with Crippen molar-refractivity contribution in [1.29, 1.82) is 0 Å². The van der Waals surface area contributed by atoms with Crippen molar-refractivity contribution in [2.45, 2.75) is 32.6 Å². The molecule has 0 aliphatic heterocycles. The number of rotatable bonds is 5. The number of fused-ring (bicyclic) bond motifs is 3. The minimum atomic E-state index is -0.325. The van der Waals surface area contributed by atoms with Gasteiger partial charge < -0.3 is 21.9 Å². The zero-order valence-corrected chi connectivity index (χ0v) is 17.7. The average molecular weight is 417 g/mol. The minimum absolute atomic E-state index is 0. The van der Waals surface area contributed by atoms with Crippen LogP contribution in [0.3, 0.4) is 0 Å². The normalized spacial score (nSPS) is 13.1. The van der Waals surface area contributed by atoms with Crippen LogP contribution in [0.5, 0.6) is 0 Å². The number of thiophene rings is 1. The molecular formula is C22H23ClNO3S-. The van der Waals surface area contributed by atoms with Crippen molar-refractivity contribution in [3.8, 4) is 11.1 Å². The third-order valence-corrected chi connectivity index (χ3v) is 6.26. The summed E-state index contributed by atoms with van der Waals surface area (Å²) in [5, 5.41) is 1.14. The van der Waals surface area contributed by atoms with Gasteiger partial charge in [-0.2, -0.15) is 0 Å². The summed E-state index contributed by atoms with van der Waals surface area (Å²) in [6, 6.07) is 10.1. The van der Waals surface area contributed by atoms with Crippen LogP contribution in [0.15, 0.2) is 30.3 Å². The Hall–Kier alpha value is -1.95. The van der Waals surface area contributed by atoms with Gasteiger partial charge in [0, 0.05) is 22.9 Å². The molecule has 4 nitrogen and oxygen atoms in total. The molecule has 3 aromatic rings. The van der Waals surface area contributed by atoms with Gasteiger partial charge in [0.1, 0.15) is 11.4 Å². The van der Waals surface area contributed by atoms with Crippen molar-refractivity contribution in [2.75, 3.05) is 20.3 Å². The number of methoxy groups -OCH3 is 1. The molecule has 0 saturated carbocycles. The molecule has 28 heavy (non-hydrogen) atoms. The van der Waals surface area contributed by atoms with Gasteiger partial charge in [0.2, 0.25) is 0 Å². The van der Waals surface area contributed by atoms with E-state index in [2.05, 4.69) is 12.1 Å². The second-order valence-electron chi connectivity index (χ2n) is 6.83. The average Bonchev–Trinajstić information content (AvgIpc) is 3.05. The Bertz CT molecular complexity index is 985. The standard InChI is InChI=1S/C22H23NO3S.ClH/c1-14-18(22(24)26-13-12-25-2)19(15-8-4-3-5-9-15)20-16-10-6-7-11-17(16)27-21(20)23-14;/h3-5,8-9H,6-7,10-13H2,1-2H3;1H/p-1. The Morgan fingerprint density at radius 3 is 2.64 bits per heavy atom. The van der Waals surface area contributed by atoms with Crippen molar-refractivity contribution in [1.82, 2.24) is 4.98 Å². The summed E-state index contributed by atoms with van der Waals surface area (Å²) in [4.78, 5) is 20.2. The molecule has 148 valence electrons. The number of ether oxygens (including phenoxy) is 2. The van der Waals surface area contributed by atoms with E-state index in [0.29, 0.717) is 12.2 Å². The van der Waals surface area contributed by atoms with Crippen molar-refractivity contribution < 1.29 is 26.7 Å². The second-order valence-corrected chi connectivity index (χ2v) is 7.92. The molecule has 0 unspecified atom stereocenters. The third-order valence-electron chi connectivity index (χ3n) is 5.07. The zero-order chi connectivity index (χ0) is 18.8. The highest BCUT2D eigenvalue weighted by Crippen LogP contribution is 2.43. The first-order valence-corrected chi connectivity index (χ1v) is 10.2. The Labute approximate surface area is 175 Å². The molecular weight excluding hydrogens is 394 g/mol. The van der Waals surface area contributed by atoms with Crippen molar-refractivity contribution in [2.24, 2.45) is 0 Å². The Balaban J connectivity index is 0.00000225. The second kappa shape index (κ2) is 9.03. The molecule has 0 amide bonds. The monoisotopic (exact) mass is 416 g/mol. The summed E-state index contributed by atoms with van der Waals surface area (Å²) in [6.45, 7) is 2.52. The van der Waals surface area contributed by atoms with E-state index in [1.807, 2.05) is 25.1 Å². The fourth-order valence-corrected chi connectivity index (χ4v) is 5.15. The molecule has 0 N–H and O–H groups in total. The molecule has 1 aromatic carbocycles. The summed E-state index contributed by atoms with van der Waals surface area (Å²) in [5.41, 5.74) is 4.69. The lowest BCUT2D eigenvalue weighted by Gasteiger charge is -2.16. The number of halogens is 1. The van der Waals surface area contributed by atoms with Crippen molar-refractivity contribution in [3.05, 3.63) is 52.0 Å². The lowest BCUT2D eigenvalue weighted by atomic mass is 9.90. The van der Waals surface area contributed by atoms with E-state index >= 15 is 0 Å². The smallest absolute Gasteiger partial charge is 0.340 e. The molecule has 0 spiro atoms. The van der Waals surface area contributed by atoms with E-state index in [1.54, 1.807) is 18.4 Å². The maximum absolute atomic E-state index is 13.0. The van der Waals surface area contributed by atoms with Crippen LogP contribution in [0.2, 0.25) is 0 Å². The third kappa shape index (κ3) is 3.79. The van der Waals surface area contributed by atoms with Gasteiger partial charge in [-0.1, -0.05) is 30.3 Å². The maximum atomic E-state index is 13.0. The van der Waals surface area contributed by atoms with Crippen LogP contribution in [0.25, 0.3) is 21.3 Å². The van der Waals surface area contributed by atoms with Gasteiger partial charge in [-0.3, -0.25) is 0 Å². The topological polar surface area (TPSA) is 48.4 Å². The predicted molar refractivity (Wildman–Crippen MR) is 109 cm³/mol. The van der Waals surface area contributed by atoms with Gasteiger partial charge in [-0.25, -0.2) is 9.78 Å². The summed E-state index contributed by atoms with van der Waals surface area (Å²) in [7, 11) is 1.60. The van der Waals surface area contributed by atoms with Crippen LogP contribution in [0, 0.1) is 6.92 Å². The SMILES string of the molecule is COCCOC(=O)c1c(C)nc2sc3c(c2c1-c1ccccc1)CCCC3.[Cl-]. The van der Waals surface area contributed by atoms with E-state index in [0.717, 1.165) is 39.9 Å². The predicted octanol–water partition coefficient (Wildman–Crippen LogP) is 1.96. The minimum Gasteiger partial charge on any atom is -1.00 e. The molecule has 1 aliphatic rings. The maximum Gasteiger partial charge on any atom is 0.340 e. The molecule has 1 aliphatic carbocycles. The number of esters is 1. The molecule has 2 heterocycles. The largest absolute Gasteiger partial charge is 1.00 e. The highest BCUT2D eigenvalue weighted by atomic mass is 35.5. The number of aromatic nitrogens is 1. The van der Waals surface area contributed by atoms with Crippen LogP contribution in [-0.2, 0) is 22.3 Å². The summed E-state index contributed by atoms with van der Waals surface area (Å²) in [5.74, 6) is -0.325. The van der Waals surface area contributed by atoms with Crippen LogP contribution in [0.1, 0.15) is 39.3 Å². The number of aryl methyl sites for hydroxylation is 3. The first-order chi connectivity index (χ1) is 13.2. The lowest BCUT2D eigenvalue weighted by Crippen LogP contribution is -3.00.